The summed E-state index contributed by atoms with van der Waals surface area (Å²) in [5.41, 5.74) is 9.01. The second-order valence-electron chi connectivity index (χ2n) is 8.05. The van der Waals surface area contributed by atoms with Crippen LogP contribution in [0, 0.1) is 5.92 Å². The first kappa shape index (κ1) is 21.2. The van der Waals surface area contributed by atoms with Crippen LogP contribution >= 0.6 is 11.8 Å². The molecular weight excluding hydrogens is 434 g/mol. The van der Waals surface area contributed by atoms with E-state index in [1.54, 1.807) is 0 Å². The summed E-state index contributed by atoms with van der Waals surface area (Å²) in [6, 6.07) is 19.8. The third kappa shape index (κ3) is 4.47. The molecule has 3 heterocycles. The quantitative estimate of drug-likeness (QED) is 0.603. The van der Waals surface area contributed by atoms with Crippen molar-refractivity contribution in [1.29, 1.82) is 0 Å². The first-order chi connectivity index (χ1) is 16.1. The van der Waals surface area contributed by atoms with Crippen molar-refractivity contribution in [2.24, 2.45) is 16.6 Å². The van der Waals surface area contributed by atoms with Crippen molar-refractivity contribution in [3.8, 4) is 16.9 Å². The van der Waals surface area contributed by atoms with Crippen LogP contribution < -0.4 is 5.73 Å². The van der Waals surface area contributed by atoms with Gasteiger partial charge >= 0.3 is 0 Å². The lowest BCUT2D eigenvalue weighted by molar-refractivity contribution is -0.123. The van der Waals surface area contributed by atoms with Crippen molar-refractivity contribution in [2.75, 3.05) is 13.1 Å². The van der Waals surface area contributed by atoms with E-state index >= 15 is 0 Å². The van der Waals surface area contributed by atoms with Crippen LogP contribution in [0.15, 0.2) is 76.8 Å². The molecule has 166 valence electrons. The van der Waals surface area contributed by atoms with Gasteiger partial charge in [-0.2, -0.15) is 10.1 Å². The maximum atomic E-state index is 12.7. The van der Waals surface area contributed by atoms with E-state index in [0.717, 1.165) is 22.5 Å². The Bertz CT molecular complexity index is 1240. The number of thioether (sulfide) groups is 1. The number of para-hydroxylation sites is 1. The highest BCUT2D eigenvalue weighted by Crippen LogP contribution is 2.34. The van der Waals surface area contributed by atoms with Crippen molar-refractivity contribution < 1.29 is 9.59 Å². The number of aliphatic imine (C=N–C) groups is 1. The van der Waals surface area contributed by atoms with Crippen LogP contribution in [0.2, 0.25) is 0 Å². The van der Waals surface area contributed by atoms with E-state index in [4.69, 9.17) is 10.8 Å². The first-order valence-electron chi connectivity index (χ1n) is 10.9. The van der Waals surface area contributed by atoms with Gasteiger partial charge < -0.3 is 10.6 Å². The maximum absolute atomic E-state index is 12.7. The topological polar surface area (TPSA) is 93.6 Å². The predicted octanol–water partition coefficient (Wildman–Crippen LogP) is 3.71. The lowest BCUT2D eigenvalue weighted by Gasteiger charge is -2.31. The van der Waals surface area contributed by atoms with Crippen LogP contribution in [-0.2, 0) is 9.59 Å². The highest BCUT2D eigenvalue weighted by atomic mass is 32.2. The summed E-state index contributed by atoms with van der Waals surface area (Å²) in [6.45, 7) is 1.34. The molecule has 7 nitrogen and oxygen atoms in total. The molecule has 8 heteroatoms. The molecule has 0 saturated carbocycles. The Hall–Kier alpha value is -3.65. The zero-order chi connectivity index (χ0) is 22.8. The zero-order valence-corrected chi connectivity index (χ0v) is 18.7. The molecule has 0 atom stereocenters. The van der Waals surface area contributed by atoms with E-state index in [1.807, 2.05) is 77.6 Å². The summed E-state index contributed by atoms with van der Waals surface area (Å²) >= 11 is 1.37. The van der Waals surface area contributed by atoms with Gasteiger partial charge in [0.25, 0.3) is 5.91 Å². The normalized spacial score (nSPS) is 18.1. The Morgan fingerprint density at radius 2 is 1.70 bits per heavy atom. The highest BCUT2D eigenvalue weighted by Gasteiger charge is 2.30. The molecule has 33 heavy (non-hydrogen) atoms. The number of primary amides is 1. The van der Waals surface area contributed by atoms with E-state index in [2.05, 4.69) is 9.89 Å². The Balaban J connectivity index is 1.43. The molecule has 1 saturated heterocycles. The molecule has 0 bridgehead atoms. The largest absolute Gasteiger partial charge is 0.369 e. The molecule has 5 rings (SSSR count). The number of rotatable bonds is 4. The van der Waals surface area contributed by atoms with Gasteiger partial charge in [-0.25, -0.2) is 4.68 Å². The summed E-state index contributed by atoms with van der Waals surface area (Å²) in [6.07, 6.45) is 5.18. The lowest BCUT2D eigenvalue weighted by atomic mass is 9.97. The molecule has 3 aromatic rings. The number of carbonyl (C=O) groups is 2. The number of amidine groups is 1. The molecule has 0 unspecified atom stereocenters. The monoisotopic (exact) mass is 457 g/mol. The number of nitrogens with two attached hydrogens (primary N) is 1. The fraction of sp³-hybridized carbons (Fsp3) is 0.200. The second-order valence-corrected chi connectivity index (χ2v) is 9.06. The van der Waals surface area contributed by atoms with Crippen molar-refractivity contribution >= 4 is 34.8 Å². The van der Waals surface area contributed by atoms with Gasteiger partial charge in [0.15, 0.2) is 5.17 Å². The molecule has 0 radical (unpaired) electrons. The smallest absolute Gasteiger partial charge is 0.286 e. The molecular formula is C25H23N5O2S. The van der Waals surface area contributed by atoms with E-state index in [1.165, 1.54) is 11.8 Å². The van der Waals surface area contributed by atoms with Crippen LogP contribution in [0.1, 0.15) is 18.4 Å². The van der Waals surface area contributed by atoms with Crippen LogP contribution in [0.5, 0.6) is 0 Å². The van der Waals surface area contributed by atoms with Crippen LogP contribution in [0.3, 0.4) is 0 Å². The van der Waals surface area contributed by atoms with E-state index in [9.17, 15) is 9.59 Å². The number of likely N-dealkylation sites (tertiary alicyclic amines) is 1. The fourth-order valence-electron chi connectivity index (χ4n) is 4.06. The van der Waals surface area contributed by atoms with Crippen LogP contribution in [0.25, 0.3) is 23.0 Å². The minimum atomic E-state index is -0.254. The SMILES string of the molecule is NC(=O)C1CCN(C2=NC(=O)C(=Cc3cn(-c4ccccc4)nc3-c3ccccc3)S2)CC1. The van der Waals surface area contributed by atoms with Crippen molar-refractivity contribution in [1.82, 2.24) is 14.7 Å². The number of nitrogens with zero attached hydrogens (tertiary/aromatic N) is 4. The summed E-state index contributed by atoms with van der Waals surface area (Å²) in [5, 5.41) is 5.50. The van der Waals surface area contributed by atoms with Gasteiger partial charge in [0.05, 0.1) is 16.3 Å². The Morgan fingerprint density at radius 1 is 1.03 bits per heavy atom. The number of hydrogen-bond donors (Lipinski definition) is 1. The van der Waals surface area contributed by atoms with E-state index in [0.29, 0.717) is 36.0 Å². The van der Waals surface area contributed by atoms with Gasteiger partial charge in [0, 0.05) is 36.3 Å². The molecule has 1 fully saturated rings. The molecule has 0 spiro atoms. The van der Waals surface area contributed by atoms with Crippen molar-refractivity contribution in [2.45, 2.75) is 12.8 Å². The third-order valence-corrected chi connectivity index (χ3v) is 6.92. The molecule has 2 amide bonds. The Kier molecular flexibility index (Phi) is 5.83. The van der Waals surface area contributed by atoms with E-state index < -0.39 is 0 Å². The number of benzene rings is 2. The molecule has 1 aromatic heterocycles. The standard InChI is InChI=1S/C25H23N5O2S/c26-23(31)18-11-13-29(14-12-18)25-27-24(32)21(33-25)15-19-16-30(20-9-5-2-6-10-20)28-22(19)17-7-3-1-4-8-17/h1-10,15-16,18H,11-14H2,(H2,26,31). The molecule has 2 aliphatic rings. The number of hydrogen-bond acceptors (Lipinski definition) is 5. The summed E-state index contributed by atoms with van der Waals surface area (Å²) in [5.74, 6) is -0.606. The van der Waals surface area contributed by atoms with E-state index in [-0.39, 0.29) is 17.7 Å². The maximum Gasteiger partial charge on any atom is 0.286 e. The molecule has 0 aliphatic carbocycles. The second kappa shape index (κ2) is 9.07. The summed E-state index contributed by atoms with van der Waals surface area (Å²) < 4.78 is 1.83. The third-order valence-electron chi connectivity index (χ3n) is 5.87. The lowest BCUT2D eigenvalue weighted by Crippen LogP contribution is -2.40. The minimum Gasteiger partial charge on any atom is -0.369 e. The van der Waals surface area contributed by atoms with Gasteiger partial charge in [-0.3, -0.25) is 9.59 Å². The van der Waals surface area contributed by atoms with Gasteiger partial charge in [-0.1, -0.05) is 48.5 Å². The predicted molar refractivity (Wildman–Crippen MR) is 131 cm³/mol. The van der Waals surface area contributed by atoms with Crippen molar-refractivity contribution in [3.63, 3.8) is 0 Å². The van der Waals surface area contributed by atoms with Crippen LogP contribution in [-0.4, -0.2) is 44.8 Å². The van der Waals surface area contributed by atoms with Gasteiger partial charge in [0.2, 0.25) is 5.91 Å². The Labute approximate surface area is 196 Å². The van der Waals surface area contributed by atoms with Crippen molar-refractivity contribution in [3.05, 3.63) is 77.3 Å². The number of carbonyl (C=O) groups excluding carboxylic acids is 2. The first-order valence-corrected chi connectivity index (χ1v) is 11.7. The van der Waals surface area contributed by atoms with Crippen LogP contribution in [0.4, 0.5) is 0 Å². The van der Waals surface area contributed by atoms with Gasteiger partial charge in [-0.05, 0) is 42.8 Å². The average Bonchev–Trinajstić information content (AvgIpc) is 3.44. The fourth-order valence-corrected chi connectivity index (χ4v) is 5.01. The highest BCUT2D eigenvalue weighted by molar-refractivity contribution is 8.18. The molecule has 2 N–H and O–H groups in total. The number of aromatic nitrogens is 2. The zero-order valence-electron chi connectivity index (χ0n) is 17.9. The molecule has 2 aliphatic heterocycles. The van der Waals surface area contributed by atoms with Gasteiger partial charge in [-0.15, -0.1) is 0 Å². The summed E-state index contributed by atoms with van der Waals surface area (Å²) in [4.78, 5) is 31.1. The van der Waals surface area contributed by atoms with Gasteiger partial charge in [0.1, 0.15) is 0 Å². The summed E-state index contributed by atoms with van der Waals surface area (Å²) in [7, 11) is 0. The molecule has 2 aromatic carbocycles. The minimum absolute atomic E-state index is 0.101. The number of amides is 2. The Morgan fingerprint density at radius 3 is 2.36 bits per heavy atom. The number of piperidine rings is 1. The average molecular weight is 458 g/mol.